The number of carboxylic acid groups (broad SMARTS) is 1. The Morgan fingerprint density at radius 3 is 1.71 bits per heavy atom. The van der Waals surface area contributed by atoms with E-state index >= 15 is 0 Å². The number of carbonyl (C=O) groups is 9. The first-order valence-electron chi connectivity index (χ1n) is 23.0. The normalized spacial score (nSPS) is 15.9. The van der Waals surface area contributed by atoms with E-state index in [1.165, 1.54) is 36.1 Å². The van der Waals surface area contributed by atoms with Crippen LogP contribution in [-0.2, 0) is 49.6 Å². The second-order valence-corrected chi connectivity index (χ2v) is 17.3. The predicted octanol–water partition coefficient (Wildman–Crippen LogP) is -2.83. The fourth-order valence-corrected chi connectivity index (χ4v) is 7.52. The van der Waals surface area contributed by atoms with Gasteiger partial charge in [-0.2, -0.15) is 0 Å². The van der Waals surface area contributed by atoms with Crippen molar-refractivity contribution in [2.45, 2.75) is 147 Å². The van der Waals surface area contributed by atoms with E-state index < -0.39 is 96.0 Å². The quantitative estimate of drug-likeness (QED) is 0.0203. The van der Waals surface area contributed by atoms with Gasteiger partial charge in [-0.3, -0.25) is 48.1 Å². The molecule has 2 rings (SSSR count). The topological polar surface area (TPSA) is 412 Å². The van der Waals surface area contributed by atoms with Gasteiger partial charge in [-0.15, -0.1) is 0 Å². The van der Waals surface area contributed by atoms with Crippen LogP contribution in [0, 0.1) is 5.92 Å². The number of nitrogens with zero attached hydrogens (tertiary/aromatic N) is 2. The van der Waals surface area contributed by atoms with Gasteiger partial charge < -0.3 is 75.7 Å². The number of carboxylic acids is 1. The molecule has 380 valence electrons. The Morgan fingerprint density at radius 1 is 0.676 bits per heavy atom. The van der Waals surface area contributed by atoms with E-state index in [1.807, 2.05) is 0 Å². The van der Waals surface area contributed by atoms with Gasteiger partial charge >= 0.3 is 5.97 Å². The fourth-order valence-electron chi connectivity index (χ4n) is 7.52. The number of unbranched alkanes of at least 4 members (excludes halogenated alkanes) is 2. The van der Waals surface area contributed by atoms with Crippen molar-refractivity contribution in [1.82, 2.24) is 36.8 Å². The summed E-state index contributed by atoms with van der Waals surface area (Å²) >= 11 is 0. The first kappa shape index (κ1) is 57.6. The molecular weight excluding hydrogens is 887 g/mol. The highest BCUT2D eigenvalue weighted by Crippen LogP contribution is 2.19. The Balaban J connectivity index is 2.45. The number of primary amides is 1. The fraction of sp³-hybridized carbons (Fsp3) is 0.636. The van der Waals surface area contributed by atoms with Crippen molar-refractivity contribution in [3.63, 3.8) is 0 Å². The molecule has 0 unspecified atom stereocenters. The highest BCUT2D eigenvalue weighted by molar-refractivity contribution is 5.98. The Labute approximate surface area is 396 Å². The lowest BCUT2D eigenvalue weighted by Gasteiger charge is -2.29. The summed E-state index contributed by atoms with van der Waals surface area (Å²) in [7, 11) is 0. The lowest BCUT2D eigenvalue weighted by Crippen LogP contribution is -2.60. The minimum Gasteiger partial charge on any atom is -0.508 e. The number of hydrogen-bond acceptors (Lipinski definition) is 13. The van der Waals surface area contributed by atoms with Gasteiger partial charge in [0.15, 0.2) is 5.96 Å². The van der Waals surface area contributed by atoms with E-state index in [0.717, 1.165) is 0 Å². The highest BCUT2D eigenvalue weighted by atomic mass is 16.4. The van der Waals surface area contributed by atoms with Crippen molar-refractivity contribution in [2.24, 2.45) is 39.6 Å². The second-order valence-electron chi connectivity index (χ2n) is 17.3. The van der Waals surface area contributed by atoms with Gasteiger partial charge in [-0.05, 0) is 107 Å². The molecule has 24 heteroatoms. The Hall–Kier alpha value is -6.56. The maximum absolute atomic E-state index is 14.3. The van der Waals surface area contributed by atoms with Crippen LogP contribution in [0.2, 0.25) is 0 Å². The first-order chi connectivity index (χ1) is 32.2. The van der Waals surface area contributed by atoms with Crippen LogP contribution in [-0.4, -0.2) is 143 Å². The first-order valence-corrected chi connectivity index (χ1v) is 23.0. The van der Waals surface area contributed by atoms with E-state index in [1.54, 1.807) is 13.8 Å². The zero-order chi connectivity index (χ0) is 50.9. The van der Waals surface area contributed by atoms with Gasteiger partial charge in [0.1, 0.15) is 48.0 Å². The van der Waals surface area contributed by atoms with Crippen LogP contribution in [0.25, 0.3) is 0 Å². The standard InChI is InChI=1S/C44H73N13O11/c1-25(2)22-32(54-39(64)30(11-5-7-19-46)52-38(63)31(12-8-20-50-44(48)49)53-43(68)35-13-9-21-57(35)26(3)58)40(65)55-33(23-27-14-16-28(59)17-15-27)41(66)56-34(24-36(60)61)42(67)51-29(37(47)62)10-4-6-18-45/h14-17,25,29-35,59H,4-13,18-24,45-46H2,1-3H3,(H2,47,62)(H,51,67)(H,52,63)(H,53,68)(H,54,64)(H,55,65)(H,56,66)(H,60,61)(H4,48,49,50)/t29-,30-,31-,32-,33-,34-,35-/m0/s1. The van der Waals surface area contributed by atoms with Crippen molar-refractivity contribution >= 4 is 59.2 Å². The summed E-state index contributed by atoms with van der Waals surface area (Å²) in [5.74, 6) is -8.04. The number of rotatable bonds is 31. The number of nitrogens with two attached hydrogens (primary N) is 5. The van der Waals surface area contributed by atoms with Crippen LogP contribution in [0.15, 0.2) is 29.3 Å². The maximum atomic E-state index is 14.3. The molecule has 0 spiro atoms. The molecule has 24 nitrogen and oxygen atoms in total. The number of nitrogens with one attached hydrogen (secondary N) is 6. The van der Waals surface area contributed by atoms with Crippen LogP contribution in [0.3, 0.4) is 0 Å². The van der Waals surface area contributed by atoms with E-state index in [2.05, 4.69) is 36.9 Å². The zero-order valence-electron chi connectivity index (χ0n) is 39.3. The summed E-state index contributed by atoms with van der Waals surface area (Å²) in [4.78, 5) is 125. The third-order valence-electron chi connectivity index (χ3n) is 11.1. The molecule has 0 saturated carbocycles. The Morgan fingerprint density at radius 2 is 1.16 bits per heavy atom. The Bertz CT molecular complexity index is 1900. The molecule has 1 aliphatic rings. The van der Waals surface area contributed by atoms with E-state index in [0.29, 0.717) is 57.2 Å². The number of phenolic OH excluding ortho intramolecular Hbond substituents is 1. The minimum atomic E-state index is -1.73. The number of likely N-dealkylation sites (tertiary alicyclic amines) is 1. The average Bonchev–Trinajstić information content (AvgIpc) is 3.77. The van der Waals surface area contributed by atoms with Crippen LogP contribution in [0.5, 0.6) is 5.75 Å². The molecule has 1 fully saturated rings. The largest absolute Gasteiger partial charge is 0.508 e. The zero-order valence-corrected chi connectivity index (χ0v) is 39.3. The summed E-state index contributed by atoms with van der Waals surface area (Å²) in [6.45, 7) is 6.01. The number of hydrogen-bond donors (Lipinski definition) is 13. The van der Waals surface area contributed by atoms with Gasteiger partial charge in [0.2, 0.25) is 47.3 Å². The van der Waals surface area contributed by atoms with Gasteiger partial charge in [-0.25, -0.2) is 0 Å². The molecule has 68 heavy (non-hydrogen) atoms. The van der Waals surface area contributed by atoms with E-state index in [9.17, 15) is 53.4 Å². The minimum absolute atomic E-state index is 0.0365. The number of amides is 8. The monoisotopic (exact) mass is 960 g/mol. The summed E-state index contributed by atoms with van der Waals surface area (Å²) in [5.41, 5.74) is 28.2. The molecule has 0 aliphatic carbocycles. The summed E-state index contributed by atoms with van der Waals surface area (Å²) < 4.78 is 0. The summed E-state index contributed by atoms with van der Waals surface area (Å²) in [6.07, 6.45) is 2.14. The third-order valence-corrected chi connectivity index (χ3v) is 11.1. The molecule has 1 saturated heterocycles. The molecule has 1 aromatic rings. The number of aliphatic imine (C=N–C) groups is 1. The number of benzene rings is 1. The van der Waals surface area contributed by atoms with Gasteiger partial charge in [0, 0.05) is 26.4 Å². The molecule has 0 aromatic heterocycles. The average molecular weight is 960 g/mol. The summed E-state index contributed by atoms with van der Waals surface area (Å²) in [6, 6.07) is -3.33. The van der Waals surface area contributed by atoms with Crippen molar-refractivity contribution in [1.29, 1.82) is 0 Å². The number of guanidine groups is 1. The molecule has 0 radical (unpaired) electrons. The SMILES string of the molecule is CC(=O)N1CCC[C@H]1C(=O)N[C@@H](CCCN=C(N)N)C(=O)N[C@@H](CCCCN)C(=O)N[C@@H](CC(C)C)C(=O)N[C@@H](Cc1ccc(O)cc1)C(=O)N[C@@H](CC(=O)O)C(=O)N[C@@H](CCCCN)C(N)=O. The van der Waals surface area contributed by atoms with E-state index in [4.69, 9.17) is 28.7 Å². The molecule has 18 N–H and O–H groups in total. The molecule has 0 bridgehead atoms. The van der Waals surface area contributed by atoms with Crippen molar-refractivity contribution in [3.05, 3.63) is 29.8 Å². The predicted molar refractivity (Wildman–Crippen MR) is 250 cm³/mol. The number of aromatic hydroxyl groups is 1. The van der Waals surface area contributed by atoms with Crippen LogP contribution >= 0.6 is 0 Å². The van der Waals surface area contributed by atoms with Crippen molar-refractivity contribution in [3.8, 4) is 5.75 Å². The van der Waals surface area contributed by atoms with Crippen LogP contribution in [0.1, 0.15) is 103 Å². The number of aliphatic carboxylic acids is 1. The van der Waals surface area contributed by atoms with Crippen molar-refractivity contribution < 1.29 is 53.4 Å². The molecule has 8 amide bonds. The van der Waals surface area contributed by atoms with Gasteiger partial charge in [0.25, 0.3) is 0 Å². The molecule has 1 aromatic carbocycles. The second kappa shape index (κ2) is 29.9. The molecular formula is C44H73N13O11. The maximum Gasteiger partial charge on any atom is 0.305 e. The van der Waals surface area contributed by atoms with Gasteiger partial charge in [0.05, 0.1) is 6.42 Å². The number of phenols is 1. The lowest BCUT2D eigenvalue weighted by molar-refractivity contribution is -0.141. The lowest BCUT2D eigenvalue weighted by atomic mass is 9.99. The van der Waals surface area contributed by atoms with Crippen LogP contribution < -0.4 is 60.6 Å². The molecule has 1 aliphatic heterocycles. The molecule has 1 heterocycles. The van der Waals surface area contributed by atoms with Crippen LogP contribution in [0.4, 0.5) is 0 Å². The highest BCUT2D eigenvalue weighted by Gasteiger charge is 2.37. The third kappa shape index (κ3) is 20.9. The van der Waals surface area contributed by atoms with Crippen molar-refractivity contribution in [2.75, 3.05) is 26.2 Å². The van der Waals surface area contributed by atoms with Gasteiger partial charge in [-0.1, -0.05) is 26.0 Å². The smallest absolute Gasteiger partial charge is 0.305 e. The number of carbonyl (C=O) groups excluding carboxylic acids is 8. The Kier molecular flexibility index (Phi) is 25.4. The van der Waals surface area contributed by atoms with E-state index in [-0.39, 0.29) is 75.1 Å². The molecule has 7 atom stereocenters. The summed E-state index contributed by atoms with van der Waals surface area (Å²) in [5, 5.41) is 35.1.